The van der Waals surface area contributed by atoms with Gasteiger partial charge in [0, 0.05) is 18.2 Å². The molecule has 1 aliphatic carbocycles. The minimum absolute atomic E-state index is 0.317. The number of aliphatic carboxylic acids is 1. The molecule has 1 saturated carbocycles. The van der Waals surface area contributed by atoms with Crippen molar-refractivity contribution in [2.24, 2.45) is 0 Å². The van der Waals surface area contributed by atoms with E-state index < -0.39 is 5.97 Å². The van der Waals surface area contributed by atoms with Gasteiger partial charge in [0.05, 0.1) is 16.6 Å². The number of carboxylic acid groups (broad SMARTS) is 1. The number of aromatic nitrogens is 2. The molecule has 1 amide bonds. The Kier molecular flexibility index (Phi) is 3.56. The van der Waals surface area contributed by atoms with Crippen LogP contribution in [0.15, 0.2) is 10.6 Å². The van der Waals surface area contributed by atoms with Gasteiger partial charge in [-0.1, -0.05) is 5.16 Å². The van der Waals surface area contributed by atoms with Crippen molar-refractivity contribution in [1.82, 2.24) is 15.0 Å². The highest BCUT2D eigenvalue weighted by Gasteiger charge is 2.30. The number of fused-ring (bicyclic) bond motifs is 1. The number of carbonyl (C=O) groups is 2. The molecule has 2 heterocycles. The summed E-state index contributed by atoms with van der Waals surface area (Å²) in [5, 5.41) is 13.4. The van der Waals surface area contributed by atoms with Crippen LogP contribution in [0.4, 0.5) is 0 Å². The van der Waals surface area contributed by atoms with Crippen LogP contribution >= 0.6 is 0 Å². The maximum absolute atomic E-state index is 12.7. The van der Waals surface area contributed by atoms with E-state index in [4.69, 9.17) is 9.63 Å². The first-order valence-electron chi connectivity index (χ1n) is 7.29. The Hall–Kier alpha value is -2.44. The van der Waals surface area contributed by atoms with Crippen LogP contribution in [0.1, 0.15) is 47.4 Å². The molecule has 0 saturated heterocycles. The minimum atomic E-state index is -1.04. The maximum Gasteiger partial charge on any atom is 0.323 e. The van der Waals surface area contributed by atoms with Crippen LogP contribution in [0.3, 0.4) is 0 Å². The monoisotopic (exact) mass is 303 g/mol. The van der Waals surface area contributed by atoms with Crippen molar-refractivity contribution in [1.29, 1.82) is 0 Å². The molecule has 0 bridgehead atoms. The third kappa shape index (κ3) is 2.54. The second kappa shape index (κ2) is 5.40. The second-order valence-corrected chi connectivity index (χ2v) is 5.53. The van der Waals surface area contributed by atoms with Crippen LogP contribution in [0, 0.1) is 6.92 Å². The van der Waals surface area contributed by atoms with Gasteiger partial charge in [-0.15, -0.1) is 0 Å². The third-order valence-electron chi connectivity index (χ3n) is 3.86. The Bertz CT molecular complexity index is 749. The number of aryl methyl sites for hydroxylation is 1. The van der Waals surface area contributed by atoms with Gasteiger partial charge in [0.1, 0.15) is 6.54 Å². The zero-order valence-electron chi connectivity index (χ0n) is 12.5. The number of hydrogen-bond acceptors (Lipinski definition) is 5. The van der Waals surface area contributed by atoms with Crippen molar-refractivity contribution in [3.63, 3.8) is 0 Å². The molecule has 0 unspecified atom stereocenters. The van der Waals surface area contributed by atoms with Gasteiger partial charge in [-0.2, -0.15) is 0 Å². The average Bonchev–Trinajstić information content (AvgIpc) is 3.27. The molecular formula is C15H17N3O4. The molecular weight excluding hydrogens is 286 g/mol. The maximum atomic E-state index is 12.7. The lowest BCUT2D eigenvalue weighted by molar-refractivity contribution is -0.137. The molecule has 2 aromatic rings. The van der Waals surface area contributed by atoms with E-state index in [1.807, 2.05) is 0 Å². The van der Waals surface area contributed by atoms with E-state index in [1.54, 1.807) is 19.9 Å². The van der Waals surface area contributed by atoms with Crippen molar-refractivity contribution >= 4 is 23.0 Å². The topological polar surface area (TPSA) is 96.5 Å². The summed E-state index contributed by atoms with van der Waals surface area (Å²) in [6.45, 7) is 3.48. The number of likely N-dealkylation sites (N-methyl/N-ethyl adjacent to an activating group) is 1. The van der Waals surface area contributed by atoms with Crippen molar-refractivity contribution < 1.29 is 19.2 Å². The summed E-state index contributed by atoms with van der Waals surface area (Å²) in [5.41, 5.74) is 2.17. The fourth-order valence-corrected chi connectivity index (χ4v) is 2.53. The highest BCUT2D eigenvalue weighted by atomic mass is 16.5. The first-order chi connectivity index (χ1) is 10.5. The molecule has 1 N–H and O–H groups in total. The van der Waals surface area contributed by atoms with Crippen LogP contribution in [-0.4, -0.2) is 45.1 Å². The van der Waals surface area contributed by atoms with Gasteiger partial charge in [0.2, 0.25) is 0 Å². The summed E-state index contributed by atoms with van der Waals surface area (Å²) in [7, 11) is 0. The van der Waals surface area contributed by atoms with Gasteiger partial charge < -0.3 is 14.5 Å². The SMILES string of the molecule is CCN(CC(=O)O)C(=O)c1cc(C2CC2)nc2onc(C)c12. The minimum Gasteiger partial charge on any atom is -0.480 e. The highest BCUT2D eigenvalue weighted by Crippen LogP contribution is 2.40. The molecule has 0 aromatic carbocycles. The fourth-order valence-electron chi connectivity index (χ4n) is 2.53. The van der Waals surface area contributed by atoms with E-state index in [0.29, 0.717) is 34.8 Å². The summed E-state index contributed by atoms with van der Waals surface area (Å²) in [5.74, 6) is -1.01. The van der Waals surface area contributed by atoms with Crippen LogP contribution in [0.25, 0.3) is 11.1 Å². The molecule has 0 radical (unpaired) electrons. The average molecular weight is 303 g/mol. The Morgan fingerprint density at radius 2 is 2.18 bits per heavy atom. The van der Waals surface area contributed by atoms with Crippen LogP contribution in [0.5, 0.6) is 0 Å². The summed E-state index contributed by atoms with van der Waals surface area (Å²) < 4.78 is 5.20. The van der Waals surface area contributed by atoms with Crippen LogP contribution in [0.2, 0.25) is 0 Å². The summed E-state index contributed by atoms with van der Waals surface area (Å²) >= 11 is 0. The van der Waals surface area contributed by atoms with Crippen molar-refractivity contribution in [2.75, 3.05) is 13.1 Å². The van der Waals surface area contributed by atoms with Crippen molar-refractivity contribution in [3.05, 3.63) is 23.0 Å². The molecule has 116 valence electrons. The lowest BCUT2D eigenvalue weighted by Crippen LogP contribution is -2.35. The lowest BCUT2D eigenvalue weighted by Gasteiger charge is -2.19. The van der Waals surface area contributed by atoms with Gasteiger partial charge in [0.25, 0.3) is 11.6 Å². The Balaban J connectivity index is 2.08. The van der Waals surface area contributed by atoms with E-state index in [-0.39, 0.29) is 12.5 Å². The Morgan fingerprint density at radius 3 is 2.77 bits per heavy atom. The molecule has 7 heteroatoms. The number of carboxylic acids is 1. The van der Waals surface area contributed by atoms with E-state index >= 15 is 0 Å². The van der Waals surface area contributed by atoms with Crippen LogP contribution < -0.4 is 0 Å². The number of carbonyl (C=O) groups excluding carboxylic acids is 1. The molecule has 7 nitrogen and oxygen atoms in total. The highest BCUT2D eigenvalue weighted by molar-refractivity contribution is 6.06. The van der Waals surface area contributed by atoms with Gasteiger partial charge >= 0.3 is 5.97 Å². The van der Waals surface area contributed by atoms with E-state index in [0.717, 1.165) is 18.5 Å². The number of hydrogen-bond donors (Lipinski definition) is 1. The summed E-state index contributed by atoms with van der Waals surface area (Å²) in [6, 6.07) is 1.76. The predicted octanol–water partition coefficient (Wildman–Crippen LogP) is 1.96. The summed E-state index contributed by atoms with van der Waals surface area (Å²) in [4.78, 5) is 29.4. The first kappa shape index (κ1) is 14.5. The lowest BCUT2D eigenvalue weighted by atomic mass is 10.1. The molecule has 1 aliphatic rings. The van der Waals surface area contributed by atoms with Crippen LogP contribution in [-0.2, 0) is 4.79 Å². The number of rotatable bonds is 5. The van der Waals surface area contributed by atoms with Gasteiger partial charge in [0.15, 0.2) is 0 Å². The van der Waals surface area contributed by atoms with E-state index in [2.05, 4.69) is 10.1 Å². The fraction of sp³-hybridized carbons (Fsp3) is 0.467. The molecule has 0 aliphatic heterocycles. The third-order valence-corrected chi connectivity index (χ3v) is 3.86. The first-order valence-corrected chi connectivity index (χ1v) is 7.29. The molecule has 3 rings (SSSR count). The quantitative estimate of drug-likeness (QED) is 0.907. The van der Waals surface area contributed by atoms with Gasteiger partial charge in [-0.05, 0) is 32.8 Å². The number of pyridine rings is 1. The van der Waals surface area contributed by atoms with Crippen molar-refractivity contribution in [2.45, 2.75) is 32.6 Å². The van der Waals surface area contributed by atoms with E-state index in [9.17, 15) is 9.59 Å². The standard InChI is InChI=1S/C15H17N3O4/c1-3-18(7-12(19)20)15(21)10-6-11(9-4-5-9)16-14-13(10)8(2)17-22-14/h6,9H,3-5,7H2,1-2H3,(H,19,20). The second-order valence-electron chi connectivity index (χ2n) is 5.53. The molecule has 0 atom stereocenters. The van der Waals surface area contributed by atoms with Crippen molar-refractivity contribution in [3.8, 4) is 0 Å². The smallest absolute Gasteiger partial charge is 0.323 e. The van der Waals surface area contributed by atoms with Gasteiger partial charge in [-0.3, -0.25) is 9.59 Å². The number of amides is 1. The molecule has 2 aromatic heterocycles. The molecule has 22 heavy (non-hydrogen) atoms. The molecule has 0 spiro atoms. The number of nitrogens with zero attached hydrogens (tertiary/aromatic N) is 3. The van der Waals surface area contributed by atoms with E-state index in [1.165, 1.54) is 4.90 Å². The normalized spacial score (nSPS) is 14.3. The molecule has 1 fully saturated rings. The predicted molar refractivity (Wildman–Crippen MR) is 77.7 cm³/mol. The Labute approximate surface area is 126 Å². The summed E-state index contributed by atoms with van der Waals surface area (Å²) in [6.07, 6.45) is 2.09. The zero-order chi connectivity index (χ0) is 15.9. The van der Waals surface area contributed by atoms with Gasteiger partial charge in [-0.25, -0.2) is 4.98 Å². The Morgan fingerprint density at radius 1 is 1.45 bits per heavy atom. The largest absolute Gasteiger partial charge is 0.480 e. The zero-order valence-corrected chi connectivity index (χ0v) is 12.5.